The van der Waals surface area contributed by atoms with E-state index in [1.807, 2.05) is 0 Å². The highest BCUT2D eigenvalue weighted by atomic mass is 16.6. The van der Waals surface area contributed by atoms with E-state index in [4.69, 9.17) is 0 Å². The second kappa shape index (κ2) is 3.61. The van der Waals surface area contributed by atoms with Gasteiger partial charge in [-0.2, -0.15) is 0 Å². The number of carbonyl (C=O) groups excluding carboxylic acids is 1. The summed E-state index contributed by atoms with van der Waals surface area (Å²) in [6.07, 6.45) is 0.329. The highest BCUT2D eigenvalue weighted by molar-refractivity contribution is 5.59. The first-order valence-corrected chi connectivity index (χ1v) is 3.39. The summed E-state index contributed by atoms with van der Waals surface area (Å²) >= 11 is 0. The highest BCUT2D eigenvalue weighted by Crippen LogP contribution is 2.12. The van der Waals surface area contributed by atoms with Gasteiger partial charge in [0.25, 0.3) is 6.04 Å². The molecular formula is C8H7NO3. The Bertz CT molecular complexity index is 284. The monoisotopic (exact) mass is 165 g/mol. The number of benzene rings is 1. The maximum absolute atomic E-state index is 10.3. The zero-order valence-electron chi connectivity index (χ0n) is 6.21. The molecule has 4 nitrogen and oxygen atoms in total. The van der Waals surface area contributed by atoms with E-state index in [1.165, 1.54) is 0 Å². The lowest BCUT2D eigenvalue weighted by molar-refractivity contribution is -0.511. The number of nitrogens with zero attached hydrogens (tertiary/aromatic N) is 1. The summed E-state index contributed by atoms with van der Waals surface area (Å²) in [7, 11) is 0. The van der Waals surface area contributed by atoms with Crippen molar-refractivity contribution in [2.75, 3.05) is 0 Å². The van der Waals surface area contributed by atoms with E-state index in [2.05, 4.69) is 0 Å². The lowest BCUT2D eigenvalue weighted by Gasteiger charge is -2.00. The molecule has 0 saturated heterocycles. The molecular weight excluding hydrogens is 158 g/mol. The van der Waals surface area contributed by atoms with Gasteiger partial charge in [0.15, 0.2) is 6.29 Å². The summed E-state index contributed by atoms with van der Waals surface area (Å²) < 4.78 is 0. The highest BCUT2D eigenvalue weighted by Gasteiger charge is 2.20. The molecule has 0 spiro atoms. The topological polar surface area (TPSA) is 60.2 Å². The SMILES string of the molecule is O=CC(c1ccccc1)[N+](=O)[O-]. The van der Waals surface area contributed by atoms with Crippen molar-refractivity contribution in [3.05, 3.63) is 46.0 Å². The number of aldehydes is 1. The molecule has 0 heterocycles. The van der Waals surface area contributed by atoms with Crippen LogP contribution in [0.1, 0.15) is 11.6 Å². The zero-order valence-corrected chi connectivity index (χ0v) is 6.21. The molecule has 1 aromatic rings. The first-order chi connectivity index (χ1) is 5.75. The molecule has 0 saturated carbocycles. The molecule has 4 heteroatoms. The summed E-state index contributed by atoms with van der Waals surface area (Å²) in [5.74, 6) is 0. The average molecular weight is 165 g/mol. The van der Waals surface area contributed by atoms with Crippen molar-refractivity contribution in [1.82, 2.24) is 0 Å². The molecule has 1 rings (SSSR count). The van der Waals surface area contributed by atoms with Crippen LogP contribution in [-0.4, -0.2) is 11.2 Å². The maximum Gasteiger partial charge on any atom is 0.292 e. The maximum atomic E-state index is 10.3. The van der Waals surface area contributed by atoms with Crippen molar-refractivity contribution >= 4 is 6.29 Å². The van der Waals surface area contributed by atoms with Gasteiger partial charge in [0, 0.05) is 10.5 Å². The molecule has 0 aliphatic carbocycles. The predicted molar refractivity (Wildman–Crippen MR) is 42.2 cm³/mol. The minimum atomic E-state index is -1.23. The molecule has 0 amide bonds. The Kier molecular flexibility index (Phi) is 2.53. The summed E-state index contributed by atoms with van der Waals surface area (Å²) in [4.78, 5) is 20.0. The summed E-state index contributed by atoms with van der Waals surface area (Å²) in [6, 6.07) is 6.95. The first kappa shape index (κ1) is 8.39. The van der Waals surface area contributed by atoms with Crippen molar-refractivity contribution < 1.29 is 9.72 Å². The average Bonchev–Trinajstić information content (AvgIpc) is 2.07. The fraction of sp³-hybridized carbons (Fsp3) is 0.125. The number of carbonyl (C=O) groups is 1. The van der Waals surface area contributed by atoms with Crippen molar-refractivity contribution in [2.24, 2.45) is 0 Å². The minimum absolute atomic E-state index is 0.329. The number of hydrogen-bond acceptors (Lipinski definition) is 3. The van der Waals surface area contributed by atoms with E-state index in [0.717, 1.165) is 0 Å². The van der Waals surface area contributed by atoms with Gasteiger partial charge in [0.1, 0.15) is 0 Å². The van der Waals surface area contributed by atoms with Gasteiger partial charge in [-0.1, -0.05) is 30.3 Å². The Morgan fingerprint density at radius 2 is 1.92 bits per heavy atom. The van der Waals surface area contributed by atoms with Gasteiger partial charge in [-0.3, -0.25) is 14.9 Å². The fourth-order valence-electron chi connectivity index (χ4n) is 0.900. The quantitative estimate of drug-likeness (QED) is 0.384. The van der Waals surface area contributed by atoms with Crippen LogP contribution in [0.25, 0.3) is 0 Å². The first-order valence-electron chi connectivity index (χ1n) is 3.39. The molecule has 0 bridgehead atoms. The van der Waals surface area contributed by atoms with E-state index < -0.39 is 11.0 Å². The van der Waals surface area contributed by atoms with Gasteiger partial charge in [-0.05, 0) is 0 Å². The van der Waals surface area contributed by atoms with E-state index >= 15 is 0 Å². The van der Waals surface area contributed by atoms with Crippen LogP contribution in [0.2, 0.25) is 0 Å². The smallest absolute Gasteiger partial charge is 0.292 e. The second-order valence-corrected chi connectivity index (χ2v) is 2.28. The van der Waals surface area contributed by atoms with Crippen molar-refractivity contribution in [2.45, 2.75) is 6.04 Å². The van der Waals surface area contributed by atoms with Gasteiger partial charge < -0.3 is 0 Å². The lowest BCUT2D eigenvalue weighted by atomic mass is 10.1. The predicted octanol–water partition coefficient (Wildman–Crippen LogP) is 1.20. The van der Waals surface area contributed by atoms with Gasteiger partial charge in [0.2, 0.25) is 0 Å². The Morgan fingerprint density at radius 3 is 2.33 bits per heavy atom. The van der Waals surface area contributed by atoms with Crippen LogP contribution >= 0.6 is 0 Å². The van der Waals surface area contributed by atoms with Crippen molar-refractivity contribution in [3.8, 4) is 0 Å². The molecule has 0 fully saturated rings. The fourth-order valence-corrected chi connectivity index (χ4v) is 0.900. The Morgan fingerprint density at radius 1 is 1.33 bits per heavy atom. The number of hydrogen-bond donors (Lipinski definition) is 0. The molecule has 0 aliphatic heterocycles. The molecule has 0 aromatic heterocycles. The van der Waals surface area contributed by atoms with Gasteiger partial charge in [0.05, 0.1) is 0 Å². The molecule has 62 valence electrons. The third-order valence-corrected chi connectivity index (χ3v) is 1.50. The molecule has 0 aliphatic rings. The van der Waals surface area contributed by atoms with E-state index in [0.29, 0.717) is 11.8 Å². The third-order valence-electron chi connectivity index (χ3n) is 1.50. The Hall–Kier alpha value is -1.71. The van der Waals surface area contributed by atoms with E-state index in [1.54, 1.807) is 30.3 Å². The van der Waals surface area contributed by atoms with Crippen LogP contribution in [0.4, 0.5) is 0 Å². The summed E-state index contributed by atoms with van der Waals surface area (Å²) in [5, 5.41) is 10.3. The zero-order chi connectivity index (χ0) is 8.97. The van der Waals surface area contributed by atoms with Crippen LogP contribution in [0.3, 0.4) is 0 Å². The number of rotatable bonds is 3. The van der Waals surface area contributed by atoms with Crippen LogP contribution in [0.15, 0.2) is 30.3 Å². The minimum Gasteiger partial charge on any atom is -0.295 e. The van der Waals surface area contributed by atoms with Crippen LogP contribution in [-0.2, 0) is 4.79 Å². The van der Waals surface area contributed by atoms with Crippen LogP contribution in [0, 0.1) is 10.1 Å². The van der Waals surface area contributed by atoms with Crippen molar-refractivity contribution in [3.63, 3.8) is 0 Å². The standard InChI is InChI=1S/C8H7NO3/c10-6-8(9(11)12)7-4-2-1-3-5-7/h1-6,8H. The van der Waals surface area contributed by atoms with Crippen molar-refractivity contribution in [1.29, 1.82) is 0 Å². The van der Waals surface area contributed by atoms with Gasteiger partial charge in [-0.15, -0.1) is 0 Å². The van der Waals surface area contributed by atoms with Crippen LogP contribution < -0.4 is 0 Å². The molecule has 0 radical (unpaired) electrons. The van der Waals surface area contributed by atoms with Gasteiger partial charge >= 0.3 is 0 Å². The largest absolute Gasteiger partial charge is 0.295 e. The summed E-state index contributed by atoms with van der Waals surface area (Å²) in [6.45, 7) is 0. The molecule has 12 heavy (non-hydrogen) atoms. The molecule has 0 N–H and O–H groups in total. The molecule has 1 atom stereocenters. The van der Waals surface area contributed by atoms with Crippen LogP contribution in [0.5, 0.6) is 0 Å². The van der Waals surface area contributed by atoms with Gasteiger partial charge in [-0.25, -0.2) is 0 Å². The van der Waals surface area contributed by atoms with E-state index in [9.17, 15) is 14.9 Å². The molecule has 1 aromatic carbocycles. The summed E-state index contributed by atoms with van der Waals surface area (Å²) in [5.41, 5.74) is 0.414. The Balaban J connectivity index is 2.95. The third kappa shape index (κ3) is 1.66. The lowest BCUT2D eigenvalue weighted by Crippen LogP contribution is -2.11. The Labute approximate surface area is 69.0 Å². The normalized spacial score (nSPS) is 12.0. The molecule has 1 unspecified atom stereocenters. The second-order valence-electron chi connectivity index (χ2n) is 2.28. The number of nitro groups is 1. The van der Waals surface area contributed by atoms with E-state index in [-0.39, 0.29) is 0 Å².